The number of nitrogen functional groups attached to an aromatic ring is 1. The fraction of sp³-hybridized carbons (Fsp3) is 0.455. The fourth-order valence-electron chi connectivity index (χ4n) is 1.27. The Morgan fingerprint density at radius 3 is 2.62 bits per heavy atom. The second kappa shape index (κ2) is 4.17. The lowest BCUT2D eigenvalue weighted by Gasteiger charge is -2.10. The summed E-state index contributed by atoms with van der Waals surface area (Å²) in [5.74, 6) is 0.819. The minimum absolute atomic E-state index is 0.729. The maximum absolute atomic E-state index is 5.87. The highest BCUT2D eigenvalue weighted by Gasteiger charge is 2.03. The van der Waals surface area contributed by atoms with E-state index in [0.29, 0.717) is 0 Å². The molecule has 1 aromatic carbocycles. The van der Waals surface area contributed by atoms with Gasteiger partial charge in [0.05, 0.1) is 12.3 Å². The second-order valence-corrected chi connectivity index (χ2v) is 3.34. The van der Waals surface area contributed by atoms with Crippen molar-refractivity contribution in [2.45, 2.75) is 27.2 Å². The van der Waals surface area contributed by atoms with Gasteiger partial charge in [0.1, 0.15) is 5.75 Å². The first kappa shape index (κ1) is 9.90. The number of ether oxygens (including phenoxy) is 1. The van der Waals surface area contributed by atoms with E-state index in [1.165, 1.54) is 5.56 Å². The van der Waals surface area contributed by atoms with Crippen molar-refractivity contribution in [3.8, 4) is 5.75 Å². The van der Waals surface area contributed by atoms with Crippen LogP contribution in [0.2, 0.25) is 0 Å². The first-order chi connectivity index (χ1) is 6.15. The van der Waals surface area contributed by atoms with Gasteiger partial charge in [-0.3, -0.25) is 0 Å². The monoisotopic (exact) mass is 179 g/mol. The van der Waals surface area contributed by atoms with Crippen molar-refractivity contribution in [1.29, 1.82) is 0 Å². The van der Waals surface area contributed by atoms with E-state index < -0.39 is 0 Å². The van der Waals surface area contributed by atoms with Crippen LogP contribution >= 0.6 is 0 Å². The molecule has 0 bridgehead atoms. The zero-order valence-electron chi connectivity index (χ0n) is 8.55. The van der Waals surface area contributed by atoms with Crippen molar-refractivity contribution in [2.75, 3.05) is 12.3 Å². The molecule has 2 N–H and O–H groups in total. The molecule has 0 fully saturated rings. The molecule has 0 atom stereocenters. The molecule has 2 nitrogen and oxygen atoms in total. The van der Waals surface area contributed by atoms with Gasteiger partial charge in [-0.1, -0.05) is 13.0 Å². The van der Waals surface area contributed by atoms with E-state index in [-0.39, 0.29) is 0 Å². The molecule has 0 aromatic heterocycles. The minimum Gasteiger partial charge on any atom is -0.491 e. The Kier molecular flexibility index (Phi) is 3.18. The van der Waals surface area contributed by atoms with E-state index in [1.54, 1.807) is 0 Å². The van der Waals surface area contributed by atoms with Crippen LogP contribution < -0.4 is 10.5 Å². The zero-order chi connectivity index (χ0) is 9.84. The van der Waals surface area contributed by atoms with E-state index >= 15 is 0 Å². The molecule has 0 aliphatic rings. The predicted octanol–water partition coefficient (Wildman–Crippen LogP) is 2.67. The van der Waals surface area contributed by atoms with Gasteiger partial charge in [0.15, 0.2) is 0 Å². The summed E-state index contributed by atoms with van der Waals surface area (Å²) in [7, 11) is 0. The molecule has 0 amide bonds. The molecule has 2 heteroatoms. The zero-order valence-corrected chi connectivity index (χ0v) is 8.55. The number of rotatable bonds is 3. The van der Waals surface area contributed by atoms with Crippen LogP contribution in [-0.4, -0.2) is 6.61 Å². The van der Waals surface area contributed by atoms with E-state index in [2.05, 4.69) is 13.0 Å². The summed E-state index contributed by atoms with van der Waals surface area (Å²) in [5, 5.41) is 0. The summed E-state index contributed by atoms with van der Waals surface area (Å²) in [5.41, 5.74) is 8.91. The summed E-state index contributed by atoms with van der Waals surface area (Å²) in [4.78, 5) is 0. The molecule has 0 unspecified atom stereocenters. The quantitative estimate of drug-likeness (QED) is 0.724. The number of hydrogen-bond donors (Lipinski definition) is 1. The Labute approximate surface area is 79.7 Å². The van der Waals surface area contributed by atoms with Gasteiger partial charge in [0, 0.05) is 0 Å². The van der Waals surface area contributed by atoms with Gasteiger partial charge in [0.25, 0.3) is 0 Å². The minimum atomic E-state index is 0.729. The molecule has 0 heterocycles. The van der Waals surface area contributed by atoms with Gasteiger partial charge in [-0.2, -0.15) is 0 Å². The Bertz CT molecular complexity index is 294. The van der Waals surface area contributed by atoms with Gasteiger partial charge in [0.2, 0.25) is 0 Å². The fourth-order valence-corrected chi connectivity index (χ4v) is 1.27. The van der Waals surface area contributed by atoms with Crippen molar-refractivity contribution < 1.29 is 4.74 Å². The largest absolute Gasteiger partial charge is 0.491 e. The van der Waals surface area contributed by atoms with Crippen LogP contribution in [0.5, 0.6) is 5.75 Å². The van der Waals surface area contributed by atoms with E-state index in [4.69, 9.17) is 10.5 Å². The number of aryl methyl sites for hydroxylation is 2. The lowest BCUT2D eigenvalue weighted by Crippen LogP contribution is -2.01. The van der Waals surface area contributed by atoms with Crippen LogP contribution in [0.1, 0.15) is 24.5 Å². The van der Waals surface area contributed by atoms with Gasteiger partial charge < -0.3 is 10.5 Å². The molecule has 0 spiro atoms. The van der Waals surface area contributed by atoms with Crippen LogP contribution in [0.15, 0.2) is 12.1 Å². The third-order valence-corrected chi connectivity index (χ3v) is 1.95. The summed E-state index contributed by atoms with van der Waals surface area (Å²) >= 11 is 0. The highest BCUT2D eigenvalue weighted by atomic mass is 16.5. The van der Waals surface area contributed by atoms with Gasteiger partial charge in [-0.15, -0.1) is 0 Å². The first-order valence-electron chi connectivity index (χ1n) is 4.64. The molecule has 1 aromatic rings. The summed E-state index contributed by atoms with van der Waals surface area (Å²) < 4.78 is 5.52. The number of nitrogens with two attached hydrogens (primary N) is 1. The summed E-state index contributed by atoms with van der Waals surface area (Å²) in [6.07, 6.45) is 1.01. The van der Waals surface area contributed by atoms with Crippen LogP contribution in [0, 0.1) is 13.8 Å². The van der Waals surface area contributed by atoms with Crippen LogP contribution in [-0.2, 0) is 0 Å². The van der Waals surface area contributed by atoms with E-state index in [1.807, 2.05) is 19.9 Å². The van der Waals surface area contributed by atoms with Crippen molar-refractivity contribution >= 4 is 5.69 Å². The van der Waals surface area contributed by atoms with Crippen molar-refractivity contribution in [3.05, 3.63) is 23.3 Å². The Hall–Kier alpha value is -1.18. The predicted molar refractivity (Wildman–Crippen MR) is 56.1 cm³/mol. The molecule has 0 radical (unpaired) electrons. The summed E-state index contributed by atoms with van der Waals surface area (Å²) in [6.45, 7) is 6.86. The average Bonchev–Trinajstić information content (AvgIpc) is 2.09. The van der Waals surface area contributed by atoms with E-state index in [0.717, 1.165) is 30.0 Å². The maximum Gasteiger partial charge on any atom is 0.142 e. The van der Waals surface area contributed by atoms with Crippen LogP contribution in [0.4, 0.5) is 5.69 Å². The van der Waals surface area contributed by atoms with Crippen LogP contribution in [0.3, 0.4) is 0 Å². The number of benzene rings is 1. The Balaban J connectivity index is 2.92. The highest BCUT2D eigenvalue weighted by Crippen LogP contribution is 2.26. The lowest BCUT2D eigenvalue weighted by molar-refractivity contribution is 0.319. The molecule has 13 heavy (non-hydrogen) atoms. The Morgan fingerprint density at radius 2 is 2.00 bits per heavy atom. The van der Waals surface area contributed by atoms with Gasteiger partial charge >= 0.3 is 0 Å². The molecule has 0 aliphatic heterocycles. The number of hydrogen-bond acceptors (Lipinski definition) is 2. The van der Waals surface area contributed by atoms with Crippen molar-refractivity contribution in [3.63, 3.8) is 0 Å². The van der Waals surface area contributed by atoms with Crippen molar-refractivity contribution in [2.24, 2.45) is 0 Å². The highest BCUT2D eigenvalue weighted by molar-refractivity contribution is 5.59. The van der Waals surface area contributed by atoms with Gasteiger partial charge in [-0.25, -0.2) is 0 Å². The summed E-state index contributed by atoms with van der Waals surface area (Å²) in [6, 6.07) is 4.05. The third kappa shape index (κ3) is 2.38. The van der Waals surface area contributed by atoms with Crippen LogP contribution in [0.25, 0.3) is 0 Å². The molecule has 1 rings (SSSR count). The molecule has 72 valence electrons. The standard InChI is InChI=1S/C11H17NO/c1-4-5-13-10-7-8(2)6-9(3)11(10)12/h6-7H,4-5,12H2,1-3H3. The molecule has 0 saturated carbocycles. The molecular weight excluding hydrogens is 162 g/mol. The smallest absolute Gasteiger partial charge is 0.142 e. The lowest BCUT2D eigenvalue weighted by atomic mass is 10.1. The molecular formula is C11H17NO. The maximum atomic E-state index is 5.87. The third-order valence-electron chi connectivity index (χ3n) is 1.95. The normalized spacial score (nSPS) is 10.1. The SMILES string of the molecule is CCCOc1cc(C)cc(C)c1N. The first-order valence-corrected chi connectivity index (χ1v) is 4.64. The second-order valence-electron chi connectivity index (χ2n) is 3.34. The molecule has 0 saturated heterocycles. The number of anilines is 1. The van der Waals surface area contributed by atoms with Gasteiger partial charge in [-0.05, 0) is 37.5 Å². The topological polar surface area (TPSA) is 35.2 Å². The van der Waals surface area contributed by atoms with Crippen molar-refractivity contribution in [1.82, 2.24) is 0 Å². The van der Waals surface area contributed by atoms with E-state index in [9.17, 15) is 0 Å². The molecule has 0 aliphatic carbocycles. The Morgan fingerprint density at radius 1 is 1.31 bits per heavy atom. The average molecular weight is 179 g/mol.